The SMILES string of the molecule is CC(C)(C(=O)N(N)C(=O)C1CC1)c1ccccn1. The predicted molar refractivity (Wildman–Crippen MR) is 66.0 cm³/mol. The topological polar surface area (TPSA) is 76.3 Å². The summed E-state index contributed by atoms with van der Waals surface area (Å²) in [6.45, 7) is 3.44. The van der Waals surface area contributed by atoms with Crippen LogP contribution in [-0.4, -0.2) is 21.8 Å². The number of aromatic nitrogens is 1. The van der Waals surface area contributed by atoms with Gasteiger partial charge in [-0.3, -0.25) is 14.6 Å². The lowest BCUT2D eigenvalue weighted by molar-refractivity contribution is -0.149. The van der Waals surface area contributed by atoms with Gasteiger partial charge in [0, 0.05) is 12.1 Å². The van der Waals surface area contributed by atoms with E-state index in [1.807, 2.05) is 0 Å². The van der Waals surface area contributed by atoms with Crippen LogP contribution in [0.4, 0.5) is 0 Å². The van der Waals surface area contributed by atoms with Crippen LogP contribution in [0.25, 0.3) is 0 Å². The van der Waals surface area contributed by atoms with E-state index < -0.39 is 11.3 Å². The highest BCUT2D eigenvalue weighted by molar-refractivity contribution is 6.00. The number of carbonyl (C=O) groups excluding carboxylic acids is 2. The highest BCUT2D eigenvalue weighted by atomic mass is 16.2. The van der Waals surface area contributed by atoms with Gasteiger partial charge in [0.2, 0.25) is 5.91 Å². The van der Waals surface area contributed by atoms with E-state index in [-0.39, 0.29) is 11.8 Å². The van der Waals surface area contributed by atoms with Crippen LogP contribution in [0.2, 0.25) is 0 Å². The maximum Gasteiger partial charge on any atom is 0.255 e. The molecule has 5 nitrogen and oxygen atoms in total. The molecule has 0 spiro atoms. The molecule has 0 aromatic carbocycles. The molecule has 5 heteroatoms. The van der Waals surface area contributed by atoms with Crippen molar-refractivity contribution in [2.24, 2.45) is 11.8 Å². The number of nitrogens with zero attached hydrogens (tertiary/aromatic N) is 2. The Morgan fingerprint density at radius 3 is 2.56 bits per heavy atom. The fourth-order valence-corrected chi connectivity index (χ4v) is 1.77. The molecule has 0 radical (unpaired) electrons. The lowest BCUT2D eigenvalue weighted by Crippen LogP contribution is -2.51. The number of imide groups is 1. The minimum Gasteiger partial charge on any atom is -0.273 e. The second-order valence-corrected chi connectivity index (χ2v) is 5.13. The van der Waals surface area contributed by atoms with Crippen LogP contribution in [0, 0.1) is 5.92 Å². The molecule has 1 heterocycles. The van der Waals surface area contributed by atoms with Crippen LogP contribution in [0.5, 0.6) is 0 Å². The minimum absolute atomic E-state index is 0.0708. The van der Waals surface area contributed by atoms with Crippen molar-refractivity contribution in [3.05, 3.63) is 30.1 Å². The van der Waals surface area contributed by atoms with Gasteiger partial charge in [0.1, 0.15) is 0 Å². The minimum atomic E-state index is -0.902. The van der Waals surface area contributed by atoms with Crippen LogP contribution in [0.3, 0.4) is 0 Å². The molecule has 1 saturated carbocycles. The number of amides is 2. The van der Waals surface area contributed by atoms with Crippen molar-refractivity contribution in [2.75, 3.05) is 0 Å². The summed E-state index contributed by atoms with van der Waals surface area (Å²) in [6, 6.07) is 5.34. The number of pyridine rings is 1. The van der Waals surface area contributed by atoms with Gasteiger partial charge in [-0.05, 0) is 38.8 Å². The Hall–Kier alpha value is -1.75. The van der Waals surface area contributed by atoms with Gasteiger partial charge in [-0.15, -0.1) is 0 Å². The maximum absolute atomic E-state index is 12.3. The van der Waals surface area contributed by atoms with Gasteiger partial charge in [-0.1, -0.05) is 6.07 Å². The smallest absolute Gasteiger partial charge is 0.255 e. The molecule has 2 rings (SSSR count). The molecule has 0 aliphatic heterocycles. The fraction of sp³-hybridized carbons (Fsp3) is 0.462. The molecule has 0 atom stereocenters. The monoisotopic (exact) mass is 247 g/mol. The molecular formula is C13H17N3O2. The number of hydrogen-bond acceptors (Lipinski definition) is 4. The summed E-state index contributed by atoms with van der Waals surface area (Å²) in [5, 5.41) is 0.756. The zero-order chi connectivity index (χ0) is 13.3. The van der Waals surface area contributed by atoms with Crippen molar-refractivity contribution in [3.8, 4) is 0 Å². The summed E-state index contributed by atoms with van der Waals surface area (Å²) in [4.78, 5) is 28.2. The summed E-state index contributed by atoms with van der Waals surface area (Å²) < 4.78 is 0. The van der Waals surface area contributed by atoms with Crippen LogP contribution in [-0.2, 0) is 15.0 Å². The second-order valence-electron chi connectivity index (χ2n) is 5.13. The van der Waals surface area contributed by atoms with E-state index in [0.717, 1.165) is 17.9 Å². The Morgan fingerprint density at radius 2 is 2.06 bits per heavy atom. The Balaban J connectivity index is 2.19. The Bertz CT molecular complexity index is 466. The van der Waals surface area contributed by atoms with E-state index in [2.05, 4.69) is 4.98 Å². The van der Waals surface area contributed by atoms with Gasteiger partial charge in [0.05, 0.1) is 11.1 Å². The average Bonchev–Trinajstić information content (AvgIpc) is 3.21. The van der Waals surface area contributed by atoms with E-state index in [0.29, 0.717) is 5.69 Å². The second kappa shape index (κ2) is 4.49. The van der Waals surface area contributed by atoms with Gasteiger partial charge < -0.3 is 0 Å². The van der Waals surface area contributed by atoms with Gasteiger partial charge in [-0.2, -0.15) is 0 Å². The molecule has 0 saturated heterocycles. The molecule has 2 N–H and O–H groups in total. The first kappa shape index (κ1) is 12.7. The van der Waals surface area contributed by atoms with Crippen LogP contribution in [0.1, 0.15) is 32.4 Å². The number of hydrogen-bond donors (Lipinski definition) is 1. The van der Waals surface area contributed by atoms with Crippen LogP contribution >= 0.6 is 0 Å². The lowest BCUT2D eigenvalue weighted by Gasteiger charge is -2.27. The summed E-state index contributed by atoms with van der Waals surface area (Å²) in [5.74, 6) is 4.85. The molecule has 1 aromatic rings. The first-order chi connectivity index (χ1) is 8.44. The van der Waals surface area contributed by atoms with Crippen molar-refractivity contribution in [3.63, 3.8) is 0 Å². The van der Waals surface area contributed by atoms with E-state index in [4.69, 9.17) is 5.84 Å². The van der Waals surface area contributed by atoms with E-state index in [9.17, 15) is 9.59 Å². The van der Waals surface area contributed by atoms with Gasteiger partial charge in [0.15, 0.2) is 0 Å². The summed E-state index contributed by atoms with van der Waals surface area (Å²) in [5.41, 5.74) is -0.297. The molecule has 0 bridgehead atoms. The highest BCUT2D eigenvalue weighted by Crippen LogP contribution is 2.32. The van der Waals surface area contributed by atoms with Crippen LogP contribution in [0.15, 0.2) is 24.4 Å². The molecule has 96 valence electrons. The summed E-state index contributed by atoms with van der Waals surface area (Å²) >= 11 is 0. The number of rotatable bonds is 3. The van der Waals surface area contributed by atoms with Crippen molar-refractivity contribution >= 4 is 11.8 Å². The van der Waals surface area contributed by atoms with Gasteiger partial charge in [0.25, 0.3) is 5.91 Å². The van der Waals surface area contributed by atoms with Crippen molar-refractivity contribution in [2.45, 2.75) is 32.1 Å². The molecule has 0 unspecified atom stereocenters. The van der Waals surface area contributed by atoms with Gasteiger partial charge in [-0.25, -0.2) is 10.9 Å². The molecular weight excluding hydrogens is 230 g/mol. The van der Waals surface area contributed by atoms with Crippen molar-refractivity contribution in [1.82, 2.24) is 9.99 Å². The van der Waals surface area contributed by atoms with Crippen LogP contribution < -0.4 is 5.84 Å². The summed E-state index contributed by atoms with van der Waals surface area (Å²) in [7, 11) is 0. The summed E-state index contributed by atoms with van der Waals surface area (Å²) in [6.07, 6.45) is 3.27. The van der Waals surface area contributed by atoms with E-state index >= 15 is 0 Å². The molecule has 1 aliphatic rings. The van der Waals surface area contributed by atoms with Crippen molar-refractivity contribution < 1.29 is 9.59 Å². The molecule has 1 aromatic heterocycles. The first-order valence-electron chi connectivity index (χ1n) is 5.99. The number of hydrazine groups is 1. The largest absolute Gasteiger partial charge is 0.273 e. The van der Waals surface area contributed by atoms with Gasteiger partial charge >= 0.3 is 0 Å². The van der Waals surface area contributed by atoms with E-state index in [1.54, 1.807) is 38.2 Å². The standard InChI is InChI=1S/C13H17N3O2/c1-13(2,10-5-3-4-8-15-10)12(18)16(14)11(17)9-6-7-9/h3-5,8-9H,6-7,14H2,1-2H3. The molecule has 18 heavy (non-hydrogen) atoms. The quantitative estimate of drug-likeness (QED) is 0.491. The molecule has 1 aliphatic carbocycles. The highest BCUT2D eigenvalue weighted by Gasteiger charge is 2.41. The zero-order valence-corrected chi connectivity index (χ0v) is 10.6. The third-order valence-electron chi connectivity index (χ3n) is 3.22. The number of nitrogens with two attached hydrogens (primary N) is 1. The van der Waals surface area contributed by atoms with E-state index in [1.165, 1.54) is 0 Å². The normalized spacial score (nSPS) is 15.3. The number of carbonyl (C=O) groups is 2. The Kier molecular flexibility index (Phi) is 3.17. The Morgan fingerprint density at radius 1 is 1.39 bits per heavy atom. The van der Waals surface area contributed by atoms with Crippen molar-refractivity contribution in [1.29, 1.82) is 0 Å². The third-order valence-corrected chi connectivity index (χ3v) is 3.22. The zero-order valence-electron chi connectivity index (χ0n) is 10.6. The third kappa shape index (κ3) is 2.26. The Labute approximate surface area is 106 Å². The lowest BCUT2D eigenvalue weighted by atomic mass is 9.87. The molecule has 1 fully saturated rings. The molecule has 2 amide bonds. The maximum atomic E-state index is 12.3. The average molecular weight is 247 g/mol. The first-order valence-corrected chi connectivity index (χ1v) is 5.99. The predicted octanol–water partition coefficient (Wildman–Crippen LogP) is 0.998. The fourth-order valence-electron chi connectivity index (χ4n) is 1.77.